The third-order valence-electron chi connectivity index (χ3n) is 8.28. The topological polar surface area (TPSA) is 63.9 Å². The number of hydrogen-bond donors (Lipinski definition) is 0. The van der Waals surface area contributed by atoms with Crippen molar-refractivity contribution in [2.24, 2.45) is 17.3 Å². The Kier molecular flexibility index (Phi) is 3.94. The van der Waals surface area contributed by atoms with Crippen molar-refractivity contribution in [1.29, 1.82) is 0 Å². The zero-order valence-electron chi connectivity index (χ0n) is 16.3. The molecule has 0 aromatic carbocycles. The largest absolute Gasteiger partial charge is 0.462 e. The molecule has 0 N–H and O–H groups in total. The quantitative estimate of drug-likeness (QED) is 0.544. The van der Waals surface area contributed by atoms with Gasteiger partial charge in [-0.05, 0) is 75.5 Å². The first-order chi connectivity index (χ1) is 13.1. The summed E-state index contributed by atoms with van der Waals surface area (Å²) >= 11 is 0. The molecule has 3 heterocycles. The van der Waals surface area contributed by atoms with E-state index in [-0.39, 0.29) is 23.4 Å². The average molecular weight is 376 g/mol. The molecule has 27 heavy (non-hydrogen) atoms. The molecule has 10 unspecified atom stereocenters. The van der Waals surface area contributed by atoms with Crippen molar-refractivity contribution in [1.82, 2.24) is 0 Å². The molecule has 150 valence electrons. The van der Waals surface area contributed by atoms with Crippen LogP contribution in [0.1, 0.15) is 71.1 Å². The molecular weight excluding hydrogens is 344 g/mol. The molecule has 0 amide bonds. The summed E-state index contributed by atoms with van der Waals surface area (Å²) in [4.78, 5) is 13.0. The van der Waals surface area contributed by atoms with Gasteiger partial charge in [0.15, 0.2) is 0 Å². The summed E-state index contributed by atoms with van der Waals surface area (Å²) in [6.45, 7) is 2.38. The Balaban J connectivity index is 1.14. The van der Waals surface area contributed by atoms with Crippen molar-refractivity contribution in [2.45, 2.75) is 114 Å². The van der Waals surface area contributed by atoms with Crippen molar-refractivity contribution >= 4 is 5.97 Å². The smallest absolute Gasteiger partial charge is 0.309 e. The summed E-state index contributed by atoms with van der Waals surface area (Å²) in [6, 6.07) is 0. The highest BCUT2D eigenvalue weighted by molar-refractivity contribution is 5.73. The molecule has 0 aromatic rings. The van der Waals surface area contributed by atoms with Gasteiger partial charge in [0.1, 0.15) is 6.10 Å². The highest BCUT2D eigenvalue weighted by Crippen LogP contribution is 2.51. The fourth-order valence-electron chi connectivity index (χ4n) is 6.30. The molecule has 3 saturated heterocycles. The van der Waals surface area contributed by atoms with Gasteiger partial charge < -0.3 is 18.9 Å². The Hall–Kier alpha value is -0.650. The summed E-state index contributed by atoms with van der Waals surface area (Å²) < 4.78 is 23.4. The van der Waals surface area contributed by atoms with E-state index in [1.54, 1.807) is 0 Å². The van der Waals surface area contributed by atoms with Gasteiger partial charge in [-0.1, -0.05) is 6.92 Å². The van der Waals surface area contributed by atoms with Crippen LogP contribution in [-0.4, -0.2) is 48.7 Å². The van der Waals surface area contributed by atoms with E-state index < -0.39 is 0 Å². The van der Waals surface area contributed by atoms with Crippen LogP contribution in [0.15, 0.2) is 0 Å². The monoisotopic (exact) mass is 376 g/mol. The van der Waals surface area contributed by atoms with Crippen LogP contribution in [0.3, 0.4) is 0 Å². The minimum Gasteiger partial charge on any atom is -0.462 e. The Morgan fingerprint density at radius 2 is 1.63 bits per heavy atom. The molecule has 0 bridgehead atoms. The molecule has 3 aliphatic carbocycles. The van der Waals surface area contributed by atoms with Crippen LogP contribution in [0.4, 0.5) is 0 Å². The van der Waals surface area contributed by atoms with Gasteiger partial charge in [-0.3, -0.25) is 4.79 Å². The molecule has 3 aliphatic heterocycles. The predicted molar refractivity (Wildman–Crippen MR) is 97.1 cm³/mol. The second kappa shape index (κ2) is 6.17. The number of esters is 1. The van der Waals surface area contributed by atoms with Crippen LogP contribution in [-0.2, 0) is 23.7 Å². The van der Waals surface area contributed by atoms with Gasteiger partial charge in [-0.25, -0.2) is 0 Å². The van der Waals surface area contributed by atoms with Crippen LogP contribution < -0.4 is 0 Å². The highest BCUT2D eigenvalue weighted by atomic mass is 16.6. The van der Waals surface area contributed by atoms with E-state index in [0.29, 0.717) is 42.5 Å². The van der Waals surface area contributed by atoms with Crippen molar-refractivity contribution in [2.75, 3.05) is 0 Å². The first-order valence-electron chi connectivity index (χ1n) is 11.2. The zero-order chi connectivity index (χ0) is 18.2. The first kappa shape index (κ1) is 17.2. The van der Waals surface area contributed by atoms with Gasteiger partial charge in [-0.15, -0.1) is 0 Å². The minimum atomic E-state index is 0.0350. The predicted octanol–water partition coefficient (Wildman–Crippen LogP) is 3.38. The Morgan fingerprint density at radius 3 is 2.37 bits per heavy atom. The van der Waals surface area contributed by atoms with Crippen LogP contribution in [0.2, 0.25) is 0 Å². The molecule has 6 aliphatic rings. The molecular formula is C22H32O5. The summed E-state index contributed by atoms with van der Waals surface area (Å²) in [5, 5.41) is 0. The number of carbonyl (C=O) groups excluding carboxylic acids is 1. The van der Waals surface area contributed by atoms with Crippen molar-refractivity contribution < 1.29 is 23.7 Å². The third kappa shape index (κ3) is 3.44. The summed E-state index contributed by atoms with van der Waals surface area (Å²) in [5.41, 5.74) is 0.237. The summed E-state index contributed by atoms with van der Waals surface area (Å²) in [7, 11) is 0. The van der Waals surface area contributed by atoms with Crippen molar-refractivity contribution in [3.8, 4) is 0 Å². The summed E-state index contributed by atoms with van der Waals surface area (Å²) in [5.74, 6) is 0.536. The standard InChI is InChI=1S/C22H32O5/c1-22(7-6-16-20(11-22)26-16)10-19(12-2-4-14-17(8-12)24-14)27-21(23)13-3-5-15-18(9-13)25-15/h12-20H,2-11H2,1H3. The SMILES string of the molecule is CC1(CC(OC(=O)C2CCC3OC3C2)C2CCC3OC3C2)CCC2OC2C1. The van der Waals surface area contributed by atoms with Crippen LogP contribution >= 0.6 is 0 Å². The lowest BCUT2D eigenvalue weighted by atomic mass is 9.69. The van der Waals surface area contributed by atoms with Crippen molar-refractivity contribution in [3.05, 3.63) is 0 Å². The Bertz CT molecular complexity index is 622. The fourth-order valence-corrected chi connectivity index (χ4v) is 6.30. The molecule has 6 rings (SSSR count). The normalized spacial score (nSPS) is 53.4. The minimum absolute atomic E-state index is 0.0350. The number of ether oxygens (including phenoxy) is 4. The van der Waals surface area contributed by atoms with E-state index >= 15 is 0 Å². The van der Waals surface area contributed by atoms with Gasteiger partial charge in [0.05, 0.1) is 42.5 Å². The third-order valence-corrected chi connectivity index (χ3v) is 8.28. The van der Waals surface area contributed by atoms with E-state index in [1.807, 2.05) is 0 Å². The molecule has 5 nitrogen and oxygen atoms in total. The maximum Gasteiger partial charge on any atom is 0.309 e. The second-order valence-corrected chi connectivity index (χ2v) is 10.5. The maximum atomic E-state index is 13.0. The van der Waals surface area contributed by atoms with Gasteiger partial charge in [0, 0.05) is 0 Å². The van der Waals surface area contributed by atoms with Gasteiger partial charge in [0.2, 0.25) is 0 Å². The van der Waals surface area contributed by atoms with E-state index in [0.717, 1.165) is 51.4 Å². The number of hydrogen-bond acceptors (Lipinski definition) is 5. The number of fused-ring (bicyclic) bond motifs is 3. The maximum absolute atomic E-state index is 13.0. The molecule has 10 atom stereocenters. The van der Waals surface area contributed by atoms with E-state index in [9.17, 15) is 4.79 Å². The number of epoxide rings is 3. The van der Waals surface area contributed by atoms with Gasteiger partial charge >= 0.3 is 5.97 Å². The Morgan fingerprint density at radius 1 is 0.926 bits per heavy atom. The number of rotatable bonds is 5. The van der Waals surface area contributed by atoms with E-state index in [2.05, 4.69) is 6.92 Å². The molecule has 0 radical (unpaired) electrons. The van der Waals surface area contributed by atoms with Crippen LogP contribution in [0, 0.1) is 17.3 Å². The fraction of sp³-hybridized carbons (Fsp3) is 0.955. The van der Waals surface area contributed by atoms with Crippen LogP contribution in [0.25, 0.3) is 0 Å². The lowest BCUT2D eigenvalue weighted by Gasteiger charge is -2.38. The van der Waals surface area contributed by atoms with Gasteiger partial charge in [0.25, 0.3) is 0 Å². The molecule has 0 aromatic heterocycles. The van der Waals surface area contributed by atoms with Gasteiger partial charge in [-0.2, -0.15) is 0 Å². The molecule has 3 saturated carbocycles. The highest BCUT2D eigenvalue weighted by Gasteiger charge is 2.52. The lowest BCUT2D eigenvalue weighted by Crippen LogP contribution is -2.39. The lowest BCUT2D eigenvalue weighted by molar-refractivity contribution is -0.161. The zero-order valence-corrected chi connectivity index (χ0v) is 16.3. The van der Waals surface area contributed by atoms with Crippen LogP contribution in [0.5, 0.6) is 0 Å². The Labute approximate surface area is 161 Å². The molecule has 5 heteroatoms. The van der Waals surface area contributed by atoms with Crippen molar-refractivity contribution in [3.63, 3.8) is 0 Å². The van der Waals surface area contributed by atoms with E-state index in [4.69, 9.17) is 18.9 Å². The molecule has 0 spiro atoms. The first-order valence-corrected chi connectivity index (χ1v) is 11.2. The number of carbonyl (C=O) groups is 1. The average Bonchev–Trinajstić information content (AvgIpc) is 3.52. The second-order valence-electron chi connectivity index (χ2n) is 10.5. The molecule has 6 fully saturated rings. The summed E-state index contributed by atoms with van der Waals surface area (Å²) in [6.07, 6.45) is 13.3. The van der Waals surface area contributed by atoms with E-state index in [1.165, 1.54) is 12.8 Å².